The first kappa shape index (κ1) is 25.8. The van der Waals surface area contributed by atoms with Crippen molar-refractivity contribution in [2.75, 3.05) is 16.7 Å². The maximum Gasteiger partial charge on any atom is 0.304 e. The number of anilines is 1. The number of hydrogen-bond acceptors (Lipinski definition) is 6. The van der Waals surface area contributed by atoms with Gasteiger partial charge in [0.05, 0.1) is 29.3 Å². The lowest BCUT2D eigenvalue weighted by molar-refractivity contribution is -0.144. The molecule has 0 radical (unpaired) electrons. The van der Waals surface area contributed by atoms with Crippen LogP contribution in [0, 0.1) is 0 Å². The Morgan fingerprint density at radius 1 is 1.18 bits per heavy atom. The third kappa shape index (κ3) is 5.63. The number of ether oxygens (including phenoxy) is 1. The number of hydrogen-bond donors (Lipinski definition) is 1. The number of nitrogens with one attached hydrogen (secondary N) is 1. The van der Waals surface area contributed by atoms with Gasteiger partial charge in [-0.1, -0.05) is 35.9 Å². The number of fused-ring (bicyclic) bond motifs is 1. The molecule has 0 amide bonds. The van der Waals surface area contributed by atoms with Crippen molar-refractivity contribution in [3.05, 3.63) is 66.3 Å². The van der Waals surface area contributed by atoms with Gasteiger partial charge in [0, 0.05) is 29.1 Å². The third-order valence-corrected chi connectivity index (χ3v) is 7.87. The molecule has 2 aromatic carbocycles. The molecular formula is C23H25ClN2O6S2. The molecule has 0 saturated carbocycles. The number of rotatable bonds is 9. The molecule has 1 aromatic heterocycles. The van der Waals surface area contributed by atoms with Crippen LogP contribution >= 0.6 is 11.6 Å². The van der Waals surface area contributed by atoms with Gasteiger partial charge in [-0.05, 0) is 36.8 Å². The highest BCUT2D eigenvalue weighted by Crippen LogP contribution is 2.39. The number of sulfonamides is 1. The summed E-state index contributed by atoms with van der Waals surface area (Å²) < 4.78 is 59.3. The smallest absolute Gasteiger partial charge is 0.304 e. The molecule has 8 nitrogen and oxygen atoms in total. The van der Waals surface area contributed by atoms with Crippen molar-refractivity contribution in [3.8, 4) is 11.1 Å². The normalized spacial score (nSPS) is 13.9. The zero-order chi connectivity index (χ0) is 25.3. The molecule has 34 heavy (non-hydrogen) atoms. The molecular weight excluding hydrogens is 500 g/mol. The third-order valence-electron chi connectivity index (χ3n) is 5.13. The zero-order valence-corrected chi connectivity index (χ0v) is 21.2. The van der Waals surface area contributed by atoms with E-state index in [1.54, 1.807) is 60.2 Å². The topological polar surface area (TPSA) is 112 Å². The van der Waals surface area contributed by atoms with Crippen molar-refractivity contribution in [2.45, 2.75) is 25.3 Å². The van der Waals surface area contributed by atoms with Crippen molar-refractivity contribution >= 4 is 54.0 Å². The van der Waals surface area contributed by atoms with Gasteiger partial charge >= 0.3 is 5.97 Å². The summed E-state index contributed by atoms with van der Waals surface area (Å²) in [7, 11) is -7.50. The monoisotopic (exact) mass is 524 g/mol. The highest BCUT2D eigenvalue weighted by Gasteiger charge is 2.35. The fraction of sp³-hybridized carbons (Fsp3) is 0.261. The summed E-state index contributed by atoms with van der Waals surface area (Å²) in [6, 6.07) is 11.1. The van der Waals surface area contributed by atoms with Gasteiger partial charge < -0.3 is 9.30 Å². The van der Waals surface area contributed by atoms with Gasteiger partial charge in [-0.3, -0.25) is 9.52 Å². The number of sulfone groups is 1. The fourth-order valence-corrected chi connectivity index (χ4v) is 6.03. The molecule has 2 unspecified atom stereocenters. The number of nitrogens with zero attached hydrogens (tertiary/aromatic N) is 1. The van der Waals surface area contributed by atoms with E-state index in [0.29, 0.717) is 27.2 Å². The highest BCUT2D eigenvalue weighted by atomic mass is 35.5. The second kappa shape index (κ2) is 9.81. The maximum atomic E-state index is 12.9. The Kier molecular flexibility index (Phi) is 7.44. The maximum absolute atomic E-state index is 12.9. The van der Waals surface area contributed by atoms with Gasteiger partial charge in [-0.25, -0.2) is 16.8 Å². The van der Waals surface area contributed by atoms with Crippen LogP contribution in [0.5, 0.6) is 0 Å². The molecule has 11 heteroatoms. The number of carbonyl (C=O) groups is 1. The van der Waals surface area contributed by atoms with Crippen LogP contribution in [-0.2, 0) is 29.4 Å². The lowest BCUT2D eigenvalue weighted by Gasteiger charge is -2.25. The quantitative estimate of drug-likeness (QED) is 0.328. The summed E-state index contributed by atoms with van der Waals surface area (Å²) in [6.07, 6.45) is 4.00. The average Bonchev–Trinajstić information content (AvgIpc) is 3.11. The molecule has 182 valence electrons. The number of carbonyl (C=O) groups excluding carboxylic acids is 1. The van der Waals surface area contributed by atoms with E-state index in [2.05, 4.69) is 11.3 Å². The molecule has 0 aliphatic heterocycles. The van der Waals surface area contributed by atoms with E-state index in [9.17, 15) is 21.6 Å². The number of halogens is 1. The van der Waals surface area contributed by atoms with Gasteiger partial charge in [0.1, 0.15) is 0 Å². The minimum absolute atomic E-state index is 0.328. The Hall–Kier alpha value is -2.82. The van der Waals surface area contributed by atoms with E-state index in [1.165, 1.54) is 6.08 Å². The Morgan fingerprint density at radius 2 is 1.82 bits per heavy atom. The highest BCUT2D eigenvalue weighted by molar-refractivity contribution is 7.92. The van der Waals surface area contributed by atoms with Crippen LogP contribution in [0.1, 0.15) is 19.9 Å². The summed E-state index contributed by atoms with van der Waals surface area (Å²) in [5.41, 5.74) is 0.781. The summed E-state index contributed by atoms with van der Waals surface area (Å²) in [6.45, 7) is 6.25. The van der Waals surface area contributed by atoms with Crippen molar-refractivity contribution < 1.29 is 26.4 Å². The molecule has 0 aliphatic rings. The van der Waals surface area contributed by atoms with Crippen LogP contribution in [0.2, 0.25) is 5.02 Å². The van der Waals surface area contributed by atoms with E-state index >= 15 is 0 Å². The van der Waals surface area contributed by atoms with Crippen LogP contribution in [0.25, 0.3) is 22.0 Å². The van der Waals surface area contributed by atoms with Gasteiger partial charge in [0.15, 0.2) is 9.84 Å². The average molecular weight is 525 g/mol. The lowest BCUT2D eigenvalue weighted by Crippen LogP contribution is -2.35. The molecule has 1 N–H and O–H groups in total. The van der Waals surface area contributed by atoms with E-state index in [1.807, 2.05) is 0 Å². The van der Waals surface area contributed by atoms with E-state index < -0.39 is 37.3 Å². The van der Waals surface area contributed by atoms with Crippen LogP contribution in [-0.4, -0.2) is 44.8 Å². The second-order valence-corrected chi connectivity index (χ2v) is 12.2. The van der Waals surface area contributed by atoms with Gasteiger partial charge in [-0.15, -0.1) is 6.58 Å². The minimum Gasteiger partial charge on any atom is -0.444 e. The first-order valence-corrected chi connectivity index (χ1v) is 14.2. The van der Waals surface area contributed by atoms with Crippen molar-refractivity contribution in [1.29, 1.82) is 0 Å². The molecule has 1 heterocycles. The van der Waals surface area contributed by atoms with E-state index in [4.69, 9.17) is 16.3 Å². The number of aromatic nitrogens is 1. The van der Waals surface area contributed by atoms with Crippen LogP contribution in [0.15, 0.2) is 61.3 Å². The van der Waals surface area contributed by atoms with Gasteiger partial charge in [0.25, 0.3) is 0 Å². The number of esters is 1. The molecule has 3 rings (SSSR count). The zero-order valence-electron chi connectivity index (χ0n) is 18.9. The van der Waals surface area contributed by atoms with E-state index in [0.717, 1.165) is 18.7 Å². The molecule has 3 aromatic rings. The summed E-state index contributed by atoms with van der Waals surface area (Å²) in [5, 5.41) is 1.09. The van der Waals surface area contributed by atoms with Crippen LogP contribution < -0.4 is 4.72 Å². The predicted molar refractivity (Wildman–Crippen MR) is 135 cm³/mol. The van der Waals surface area contributed by atoms with Gasteiger partial charge in [0.2, 0.25) is 15.5 Å². The Bertz CT molecular complexity index is 1440. The minimum atomic E-state index is -3.89. The lowest BCUT2D eigenvalue weighted by atomic mass is 10.0. The van der Waals surface area contributed by atoms with E-state index in [-0.39, 0.29) is 5.75 Å². The van der Waals surface area contributed by atoms with Crippen LogP contribution in [0.3, 0.4) is 0 Å². The Labute approximate surface area is 204 Å². The molecule has 0 saturated heterocycles. The molecule has 0 fully saturated rings. The van der Waals surface area contributed by atoms with Crippen molar-refractivity contribution in [2.24, 2.45) is 0 Å². The first-order chi connectivity index (χ1) is 15.8. The standard InChI is InChI=1S/C23H25ClN2O6S2/c1-5-13-34(30,31)23(32-16(3)27)15(2)26-14-19(17-9-11-18(24)12-10-17)22-20(25-33(4,28)29)7-6-8-21(22)26/h5-12,14-15,23,25H,1,13H2,2-4H3. The first-order valence-electron chi connectivity index (χ1n) is 10.2. The molecule has 0 spiro atoms. The molecule has 0 aliphatic carbocycles. The summed E-state index contributed by atoms with van der Waals surface area (Å²) >= 11 is 6.04. The molecule has 2 atom stereocenters. The molecule has 0 bridgehead atoms. The Balaban J connectivity index is 2.30. The number of benzene rings is 2. The summed E-state index contributed by atoms with van der Waals surface area (Å²) in [4.78, 5) is 11.8. The summed E-state index contributed by atoms with van der Waals surface area (Å²) in [5.74, 6) is -1.11. The van der Waals surface area contributed by atoms with Crippen LogP contribution in [0.4, 0.5) is 5.69 Å². The van der Waals surface area contributed by atoms with Gasteiger partial charge in [-0.2, -0.15) is 0 Å². The predicted octanol–water partition coefficient (Wildman–Crippen LogP) is 4.38. The van der Waals surface area contributed by atoms with Crippen molar-refractivity contribution in [1.82, 2.24) is 4.57 Å². The SMILES string of the molecule is C=CCS(=O)(=O)C(OC(C)=O)C(C)n1cc(-c2ccc(Cl)cc2)c2c(NS(C)(=O)=O)cccc21. The second-order valence-electron chi connectivity index (χ2n) is 7.87. The Morgan fingerprint density at radius 3 is 2.38 bits per heavy atom. The largest absolute Gasteiger partial charge is 0.444 e. The van der Waals surface area contributed by atoms with Crippen molar-refractivity contribution in [3.63, 3.8) is 0 Å². The fourth-order valence-electron chi connectivity index (χ4n) is 3.81.